The minimum Gasteiger partial charge on any atom is -0.492 e. The Morgan fingerprint density at radius 2 is 2.00 bits per heavy atom. The van der Waals surface area contributed by atoms with E-state index in [0.717, 1.165) is 79.5 Å². The molecule has 3 aromatic heterocycles. The van der Waals surface area contributed by atoms with E-state index < -0.39 is 0 Å². The molecule has 0 aliphatic carbocycles. The van der Waals surface area contributed by atoms with Gasteiger partial charge < -0.3 is 9.64 Å². The average Bonchev–Trinajstić information content (AvgIpc) is 3.38. The van der Waals surface area contributed by atoms with Crippen molar-refractivity contribution in [1.82, 2.24) is 24.4 Å². The van der Waals surface area contributed by atoms with Crippen LogP contribution in [0.2, 0.25) is 0 Å². The number of pyridine rings is 2. The zero-order chi connectivity index (χ0) is 26.9. The molecule has 1 saturated heterocycles. The van der Waals surface area contributed by atoms with Gasteiger partial charge in [-0.3, -0.25) is 9.88 Å². The van der Waals surface area contributed by atoms with E-state index in [0.29, 0.717) is 18.1 Å². The maximum absolute atomic E-state index is 9.68. The van der Waals surface area contributed by atoms with Crippen LogP contribution in [-0.2, 0) is 6.54 Å². The van der Waals surface area contributed by atoms with Gasteiger partial charge in [0, 0.05) is 44.5 Å². The van der Waals surface area contributed by atoms with Gasteiger partial charge in [0.1, 0.15) is 17.6 Å². The molecule has 0 saturated carbocycles. The highest BCUT2D eigenvalue weighted by Gasteiger charge is 2.19. The molecule has 0 unspecified atom stereocenters. The monoisotopic (exact) mass is 511 g/mol. The van der Waals surface area contributed by atoms with Crippen molar-refractivity contribution in [1.29, 1.82) is 5.26 Å². The molecule has 0 radical (unpaired) electrons. The largest absolute Gasteiger partial charge is 0.492 e. The van der Waals surface area contributed by atoms with Gasteiger partial charge in [-0.05, 0) is 49.4 Å². The van der Waals surface area contributed by atoms with Crippen LogP contribution >= 0.6 is 0 Å². The van der Waals surface area contributed by atoms with Crippen LogP contribution < -0.4 is 4.74 Å². The molecule has 1 aliphatic heterocycles. The van der Waals surface area contributed by atoms with E-state index in [-0.39, 0.29) is 0 Å². The lowest BCUT2D eigenvalue weighted by Gasteiger charge is -2.35. The molecule has 1 fully saturated rings. The highest BCUT2D eigenvalue weighted by atomic mass is 16.5. The smallest absolute Gasteiger partial charge is 0.138 e. The van der Waals surface area contributed by atoms with Crippen LogP contribution in [0.15, 0.2) is 65.8 Å². The first-order valence-electron chi connectivity index (χ1n) is 13.3. The maximum Gasteiger partial charge on any atom is 0.138 e. The van der Waals surface area contributed by atoms with Gasteiger partial charge in [-0.25, -0.2) is 9.51 Å². The highest BCUT2D eigenvalue weighted by molar-refractivity contribution is 5.82. The summed E-state index contributed by atoms with van der Waals surface area (Å²) in [7, 11) is 0. The number of nitrogens with zero attached hydrogens (tertiary/aromatic N) is 7. The Morgan fingerprint density at radius 3 is 2.66 bits per heavy atom. The first kappa shape index (κ1) is 27.1. The number of ether oxygens (including phenoxy) is 1. The summed E-state index contributed by atoms with van der Waals surface area (Å²) in [4.78, 5) is 13.4. The summed E-state index contributed by atoms with van der Waals surface area (Å²) in [5, 5.41) is 14.1. The lowest BCUT2D eigenvalue weighted by Crippen LogP contribution is -2.45. The van der Waals surface area contributed by atoms with Crippen molar-refractivity contribution in [3.8, 4) is 11.8 Å². The second kappa shape index (κ2) is 13.0. The van der Waals surface area contributed by atoms with Crippen molar-refractivity contribution in [2.24, 2.45) is 10.9 Å². The summed E-state index contributed by atoms with van der Waals surface area (Å²) < 4.78 is 7.89. The summed E-state index contributed by atoms with van der Waals surface area (Å²) in [6.07, 6.45) is 11.5. The molecule has 4 rings (SSSR count). The van der Waals surface area contributed by atoms with Crippen LogP contribution in [0.25, 0.3) is 11.1 Å². The fourth-order valence-electron chi connectivity index (χ4n) is 4.70. The molecule has 3 aromatic rings. The minimum atomic E-state index is 0.506. The standard InChI is InChI=1S/C30H37N7O/c1-5-24(6-2)22-38-27-17-28(30-25(18-31)19-34-37(30)21-27)23(3)10-11-29(32-4)36-15-13-35(14-16-36)20-26-9-7-8-12-33-26/h7-12,17,19,21,24H,4-6,13-16,20,22H2,1-3H3/b23-10+,29-11+. The number of aliphatic imine (C=N–C) groups is 1. The van der Waals surface area contributed by atoms with Gasteiger partial charge in [-0.2, -0.15) is 10.4 Å². The normalized spacial score (nSPS) is 15.2. The van der Waals surface area contributed by atoms with Gasteiger partial charge in [0.2, 0.25) is 0 Å². The van der Waals surface area contributed by atoms with Crippen LogP contribution in [0.5, 0.6) is 5.75 Å². The number of allylic oxidation sites excluding steroid dienone is 3. The molecule has 198 valence electrons. The van der Waals surface area contributed by atoms with Gasteiger partial charge in [-0.15, -0.1) is 0 Å². The fraction of sp³-hybridized carbons (Fsp3) is 0.400. The predicted octanol–water partition coefficient (Wildman–Crippen LogP) is 5.18. The molecule has 8 heteroatoms. The van der Waals surface area contributed by atoms with Gasteiger partial charge in [0.15, 0.2) is 0 Å². The van der Waals surface area contributed by atoms with E-state index in [1.54, 1.807) is 10.7 Å². The highest BCUT2D eigenvalue weighted by Crippen LogP contribution is 2.28. The average molecular weight is 512 g/mol. The third kappa shape index (κ3) is 6.48. The molecule has 0 bridgehead atoms. The van der Waals surface area contributed by atoms with Crippen molar-refractivity contribution in [3.05, 3.63) is 77.6 Å². The Bertz CT molecular complexity index is 1320. The molecule has 8 nitrogen and oxygen atoms in total. The Kier molecular flexibility index (Phi) is 9.28. The lowest BCUT2D eigenvalue weighted by molar-refractivity contribution is 0.151. The predicted molar refractivity (Wildman–Crippen MR) is 152 cm³/mol. The van der Waals surface area contributed by atoms with Crippen LogP contribution in [0, 0.1) is 17.2 Å². The summed E-state index contributed by atoms with van der Waals surface area (Å²) in [6, 6.07) is 10.3. The van der Waals surface area contributed by atoms with Crippen LogP contribution in [0.1, 0.15) is 50.4 Å². The van der Waals surface area contributed by atoms with Crippen LogP contribution in [-0.4, -0.2) is 63.9 Å². The topological polar surface area (TPSA) is 82.0 Å². The molecule has 1 aliphatic rings. The Morgan fingerprint density at radius 1 is 1.21 bits per heavy atom. The number of aromatic nitrogens is 3. The summed E-state index contributed by atoms with van der Waals surface area (Å²) in [5.74, 6) is 2.09. The zero-order valence-corrected chi connectivity index (χ0v) is 22.7. The fourth-order valence-corrected chi connectivity index (χ4v) is 4.70. The first-order chi connectivity index (χ1) is 18.6. The minimum absolute atomic E-state index is 0.506. The first-order valence-corrected chi connectivity index (χ1v) is 13.3. The number of hydrogen-bond donors (Lipinski definition) is 0. The molecule has 0 aromatic carbocycles. The molecular weight excluding hydrogens is 474 g/mol. The number of piperazine rings is 1. The van der Waals surface area contributed by atoms with Gasteiger partial charge in [-0.1, -0.05) is 38.8 Å². The second-order valence-electron chi connectivity index (χ2n) is 9.66. The third-order valence-corrected chi connectivity index (χ3v) is 7.22. The summed E-state index contributed by atoms with van der Waals surface area (Å²) in [6.45, 7) is 15.4. The number of hydrogen-bond acceptors (Lipinski definition) is 7. The van der Waals surface area contributed by atoms with Gasteiger partial charge in [0.05, 0.1) is 35.8 Å². The molecule has 0 N–H and O–H groups in total. The van der Waals surface area contributed by atoms with E-state index in [1.165, 1.54) is 0 Å². The van der Waals surface area contributed by atoms with Crippen molar-refractivity contribution in [2.45, 2.75) is 40.2 Å². The van der Waals surface area contributed by atoms with Crippen LogP contribution in [0.4, 0.5) is 0 Å². The van der Waals surface area contributed by atoms with E-state index in [9.17, 15) is 5.26 Å². The molecule has 0 amide bonds. The van der Waals surface area contributed by atoms with E-state index in [4.69, 9.17) is 4.74 Å². The van der Waals surface area contributed by atoms with Crippen LogP contribution in [0.3, 0.4) is 0 Å². The van der Waals surface area contributed by atoms with E-state index >= 15 is 0 Å². The SMILES string of the molecule is C=N/C(=C\C=C(/C)c1cc(OCC(CC)CC)cn2ncc(C#N)c12)N1CCN(Cc2ccccn2)CC1. The molecular formula is C30H37N7O. The van der Waals surface area contributed by atoms with Gasteiger partial charge in [0.25, 0.3) is 0 Å². The summed E-state index contributed by atoms with van der Waals surface area (Å²) >= 11 is 0. The second-order valence-corrected chi connectivity index (χ2v) is 9.66. The molecule has 0 atom stereocenters. The Labute approximate surface area is 225 Å². The number of rotatable bonds is 11. The summed E-state index contributed by atoms with van der Waals surface area (Å²) in [5.41, 5.74) is 4.32. The third-order valence-electron chi connectivity index (χ3n) is 7.22. The Hall–Kier alpha value is -3.96. The zero-order valence-electron chi connectivity index (χ0n) is 22.7. The van der Waals surface area contributed by atoms with Gasteiger partial charge >= 0.3 is 0 Å². The van der Waals surface area contributed by atoms with E-state index in [2.05, 4.69) is 57.6 Å². The van der Waals surface area contributed by atoms with Crippen molar-refractivity contribution in [2.75, 3.05) is 32.8 Å². The number of nitriles is 1. The number of fused-ring (bicyclic) bond motifs is 1. The van der Waals surface area contributed by atoms with Crippen molar-refractivity contribution in [3.63, 3.8) is 0 Å². The molecule has 0 spiro atoms. The van der Waals surface area contributed by atoms with Crippen molar-refractivity contribution >= 4 is 17.8 Å². The quantitative estimate of drug-likeness (QED) is 0.261. The van der Waals surface area contributed by atoms with Crippen molar-refractivity contribution < 1.29 is 4.74 Å². The molecule has 4 heterocycles. The van der Waals surface area contributed by atoms with E-state index in [1.807, 2.05) is 49.7 Å². The molecule has 38 heavy (non-hydrogen) atoms. The Balaban J connectivity index is 1.52. The maximum atomic E-state index is 9.68. The lowest BCUT2D eigenvalue weighted by atomic mass is 10.0.